The van der Waals surface area contributed by atoms with Crippen LogP contribution in [-0.4, -0.2) is 9.97 Å². The van der Waals surface area contributed by atoms with Crippen LogP contribution in [0.5, 0.6) is 0 Å². The van der Waals surface area contributed by atoms with E-state index < -0.39 is 0 Å². The van der Waals surface area contributed by atoms with Gasteiger partial charge >= 0.3 is 0 Å². The summed E-state index contributed by atoms with van der Waals surface area (Å²) in [5, 5.41) is 6.74. The molecular weight excluding hydrogens is 412 g/mol. The number of fused-ring (bicyclic) bond motifs is 3. The molecule has 0 aliphatic heterocycles. The zero-order chi connectivity index (χ0) is 21.9. The molecule has 0 saturated heterocycles. The number of hydrogen-bond donors (Lipinski definition) is 0. The summed E-state index contributed by atoms with van der Waals surface area (Å²) in [6.45, 7) is 6.77. The maximum atomic E-state index is 6.47. The summed E-state index contributed by atoms with van der Waals surface area (Å²) in [7, 11) is 0. The first-order chi connectivity index (χ1) is 15.5. The molecule has 6 rings (SSSR count). The van der Waals surface area contributed by atoms with Gasteiger partial charge in [0.25, 0.3) is 0 Å². The Bertz CT molecular complexity index is 1620. The summed E-state index contributed by atoms with van der Waals surface area (Å²) >= 11 is 1.64. The predicted molar refractivity (Wildman–Crippen MR) is 134 cm³/mol. The molecule has 3 nitrogen and oxygen atoms in total. The summed E-state index contributed by atoms with van der Waals surface area (Å²) < 4.78 is 6.47. The van der Waals surface area contributed by atoms with Gasteiger partial charge in [0.05, 0.1) is 0 Å². The van der Waals surface area contributed by atoms with Crippen LogP contribution in [0.4, 0.5) is 0 Å². The van der Waals surface area contributed by atoms with E-state index in [4.69, 9.17) is 9.40 Å². The van der Waals surface area contributed by atoms with E-state index in [9.17, 15) is 0 Å². The van der Waals surface area contributed by atoms with Crippen LogP contribution < -0.4 is 0 Å². The van der Waals surface area contributed by atoms with Crippen LogP contribution in [0, 0.1) is 0 Å². The first-order valence-electron chi connectivity index (χ1n) is 10.7. The van der Waals surface area contributed by atoms with Crippen LogP contribution in [0.3, 0.4) is 0 Å². The number of benzene rings is 2. The number of aromatic nitrogens is 2. The monoisotopic (exact) mass is 434 g/mol. The topological polar surface area (TPSA) is 38.9 Å². The molecule has 0 amide bonds. The molecule has 0 fully saturated rings. The molecule has 6 aromatic rings. The van der Waals surface area contributed by atoms with Crippen molar-refractivity contribution in [2.45, 2.75) is 26.2 Å². The van der Waals surface area contributed by atoms with Crippen LogP contribution in [0.25, 0.3) is 54.5 Å². The second-order valence-electron chi connectivity index (χ2n) is 9.18. The Morgan fingerprint density at radius 1 is 0.812 bits per heavy atom. The van der Waals surface area contributed by atoms with Crippen LogP contribution >= 0.6 is 11.3 Å². The molecule has 0 N–H and O–H groups in total. The Morgan fingerprint density at radius 3 is 2.53 bits per heavy atom. The lowest BCUT2D eigenvalue weighted by molar-refractivity contribution is 0.596. The van der Waals surface area contributed by atoms with Gasteiger partial charge in [-0.3, -0.25) is 4.98 Å². The number of pyridine rings is 2. The lowest BCUT2D eigenvalue weighted by atomic mass is 9.82. The highest BCUT2D eigenvalue weighted by atomic mass is 32.1. The number of furan rings is 1. The average Bonchev–Trinajstić information content (AvgIpc) is 3.44. The van der Waals surface area contributed by atoms with Gasteiger partial charge in [0.2, 0.25) is 0 Å². The van der Waals surface area contributed by atoms with Gasteiger partial charge in [0, 0.05) is 34.3 Å². The zero-order valence-corrected chi connectivity index (χ0v) is 19.0. The maximum absolute atomic E-state index is 6.47. The highest BCUT2D eigenvalue weighted by molar-refractivity contribution is 7.16. The first kappa shape index (κ1) is 19.2. The van der Waals surface area contributed by atoms with Crippen molar-refractivity contribution in [2.24, 2.45) is 0 Å². The molecule has 0 spiro atoms. The normalized spacial score (nSPS) is 12.2. The van der Waals surface area contributed by atoms with Crippen LogP contribution in [0.2, 0.25) is 0 Å². The van der Waals surface area contributed by atoms with Crippen molar-refractivity contribution >= 4 is 43.3 Å². The van der Waals surface area contributed by atoms with Gasteiger partial charge in [-0.25, -0.2) is 4.98 Å². The van der Waals surface area contributed by atoms with E-state index >= 15 is 0 Å². The van der Waals surface area contributed by atoms with Crippen molar-refractivity contribution < 1.29 is 4.42 Å². The molecule has 0 radical (unpaired) electrons. The van der Waals surface area contributed by atoms with Gasteiger partial charge in [0.15, 0.2) is 5.58 Å². The lowest BCUT2D eigenvalue weighted by Crippen LogP contribution is -2.12. The molecule has 2 aromatic carbocycles. The van der Waals surface area contributed by atoms with E-state index in [2.05, 4.69) is 79.7 Å². The van der Waals surface area contributed by atoms with Gasteiger partial charge in [-0.15, -0.1) is 11.3 Å². The number of rotatable bonds is 2. The molecule has 0 aliphatic carbocycles. The van der Waals surface area contributed by atoms with Crippen LogP contribution in [-0.2, 0) is 5.41 Å². The molecule has 4 aromatic heterocycles. The van der Waals surface area contributed by atoms with E-state index in [0.717, 1.165) is 43.8 Å². The molecule has 0 atom stereocenters. The Hall–Kier alpha value is -3.50. The van der Waals surface area contributed by atoms with Crippen molar-refractivity contribution in [1.29, 1.82) is 0 Å². The third-order valence-corrected chi connectivity index (χ3v) is 6.83. The quantitative estimate of drug-likeness (QED) is 0.275. The van der Waals surface area contributed by atoms with Crippen molar-refractivity contribution in [3.8, 4) is 22.6 Å². The molecule has 4 heterocycles. The Kier molecular flexibility index (Phi) is 4.21. The fourth-order valence-electron chi connectivity index (χ4n) is 4.46. The molecule has 32 heavy (non-hydrogen) atoms. The van der Waals surface area contributed by atoms with Gasteiger partial charge < -0.3 is 4.42 Å². The largest absolute Gasteiger partial charge is 0.454 e. The van der Waals surface area contributed by atoms with E-state index in [1.807, 2.05) is 24.5 Å². The molecule has 0 unspecified atom stereocenters. The summed E-state index contributed by atoms with van der Waals surface area (Å²) in [6.07, 6.45) is 3.72. The molecule has 0 saturated carbocycles. The SMILES string of the molecule is CC(C)(C)c1cc(-c2nccc3cc(-c4ccnc5sccc45)oc23)cc2ccccc12. The third kappa shape index (κ3) is 3.02. The smallest absolute Gasteiger partial charge is 0.161 e. The Balaban J connectivity index is 1.60. The minimum Gasteiger partial charge on any atom is -0.454 e. The van der Waals surface area contributed by atoms with Crippen LogP contribution in [0.15, 0.2) is 82.9 Å². The second-order valence-corrected chi connectivity index (χ2v) is 10.1. The maximum Gasteiger partial charge on any atom is 0.161 e. The van der Waals surface area contributed by atoms with E-state index in [1.54, 1.807) is 11.3 Å². The van der Waals surface area contributed by atoms with E-state index in [1.165, 1.54) is 16.3 Å². The van der Waals surface area contributed by atoms with E-state index in [-0.39, 0.29) is 5.41 Å². The minimum atomic E-state index is 0.0133. The summed E-state index contributed by atoms with van der Waals surface area (Å²) in [4.78, 5) is 10.3. The number of nitrogens with zero attached hydrogens (tertiary/aromatic N) is 2. The van der Waals surface area contributed by atoms with Crippen molar-refractivity contribution in [3.05, 3.63) is 84.0 Å². The first-order valence-corrected chi connectivity index (χ1v) is 11.6. The fraction of sp³-hybridized carbons (Fsp3) is 0.143. The molecule has 0 aliphatic rings. The van der Waals surface area contributed by atoms with Gasteiger partial charge in [0.1, 0.15) is 16.3 Å². The van der Waals surface area contributed by atoms with E-state index in [0.29, 0.717) is 0 Å². The van der Waals surface area contributed by atoms with Gasteiger partial charge in [-0.2, -0.15) is 0 Å². The lowest BCUT2D eigenvalue weighted by Gasteiger charge is -2.22. The fourth-order valence-corrected chi connectivity index (χ4v) is 5.22. The molecule has 4 heteroatoms. The van der Waals surface area contributed by atoms with Crippen LogP contribution in [0.1, 0.15) is 26.3 Å². The third-order valence-electron chi connectivity index (χ3n) is 6.01. The predicted octanol–water partition coefficient (Wildman–Crippen LogP) is 8.22. The zero-order valence-electron chi connectivity index (χ0n) is 18.2. The molecular formula is C28H22N2OS. The Labute approximate surface area is 190 Å². The standard InChI is InChI=1S/C28H22N2OS/c1-28(2,3)23-15-19(14-17-6-4-5-7-20(17)23)25-26-18(8-11-29-25)16-24(31-26)21-9-12-30-27-22(21)10-13-32-27/h4-16H,1-3H3. The summed E-state index contributed by atoms with van der Waals surface area (Å²) in [5.41, 5.74) is 5.16. The average molecular weight is 435 g/mol. The molecule has 0 bridgehead atoms. The van der Waals surface area contributed by atoms with Gasteiger partial charge in [-0.05, 0) is 63.5 Å². The molecule has 156 valence electrons. The Morgan fingerprint density at radius 2 is 1.66 bits per heavy atom. The minimum absolute atomic E-state index is 0.0133. The number of hydrogen-bond acceptors (Lipinski definition) is 4. The highest BCUT2D eigenvalue weighted by Gasteiger charge is 2.20. The summed E-state index contributed by atoms with van der Waals surface area (Å²) in [6, 6.07) is 21.3. The van der Waals surface area contributed by atoms with Crippen molar-refractivity contribution in [3.63, 3.8) is 0 Å². The highest BCUT2D eigenvalue weighted by Crippen LogP contribution is 2.39. The van der Waals surface area contributed by atoms with Crippen molar-refractivity contribution in [1.82, 2.24) is 9.97 Å². The van der Waals surface area contributed by atoms with Gasteiger partial charge in [-0.1, -0.05) is 45.0 Å². The number of thiophene rings is 1. The van der Waals surface area contributed by atoms with Crippen molar-refractivity contribution in [2.75, 3.05) is 0 Å². The second kappa shape index (κ2) is 7.01. The summed E-state index contributed by atoms with van der Waals surface area (Å²) in [5.74, 6) is 0.844.